The van der Waals surface area contributed by atoms with Crippen LogP contribution in [0.4, 0.5) is 5.69 Å². The zero-order valence-corrected chi connectivity index (χ0v) is 14.8. The molecule has 1 aliphatic rings. The number of anilines is 1. The number of alkyl halides is 4. The van der Waals surface area contributed by atoms with Gasteiger partial charge in [0.1, 0.15) is 5.75 Å². The first-order chi connectivity index (χ1) is 10.3. The molecule has 9 heteroatoms. The second-order valence-electron chi connectivity index (χ2n) is 4.49. The van der Waals surface area contributed by atoms with Gasteiger partial charge < -0.3 is 9.64 Å². The summed E-state index contributed by atoms with van der Waals surface area (Å²) in [6.07, 6.45) is 1.31. The lowest BCUT2D eigenvalue weighted by atomic mass is 10.0. The molecule has 2 rings (SSSR count). The van der Waals surface area contributed by atoms with Gasteiger partial charge in [0.2, 0.25) is 4.84 Å². The molecule has 1 aliphatic heterocycles. The first kappa shape index (κ1) is 18.0. The minimum atomic E-state index is -1.31. The summed E-state index contributed by atoms with van der Waals surface area (Å²) in [6, 6.07) is 3.09. The Balaban J connectivity index is 2.36. The van der Waals surface area contributed by atoms with Crippen molar-refractivity contribution in [2.24, 2.45) is 0 Å². The number of esters is 1. The van der Waals surface area contributed by atoms with Crippen molar-refractivity contribution in [3.8, 4) is 5.75 Å². The van der Waals surface area contributed by atoms with Gasteiger partial charge in [-0.1, -0.05) is 58.0 Å². The fourth-order valence-corrected chi connectivity index (χ4v) is 2.81. The molecule has 0 fully saturated rings. The third-order valence-corrected chi connectivity index (χ3v) is 4.27. The highest BCUT2D eigenvalue weighted by atomic mass is 35.5. The topological polar surface area (TPSA) is 46.6 Å². The molecule has 4 nitrogen and oxygen atoms in total. The summed E-state index contributed by atoms with van der Waals surface area (Å²) in [7, 11) is 0. The van der Waals surface area contributed by atoms with E-state index in [1.807, 2.05) is 0 Å². The minimum absolute atomic E-state index is 0.138. The van der Waals surface area contributed by atoms with E-state index in [1.165, 1.54) is 11.0 Å². The van der Waals surface area contributed by atoms with Gasteiger partial charge in [0.15, 0.2) is 4.84 Å². The lowest BCUT2D eigenvalue weighted by molar-refractivity contribution is -0.132. The number of amides is 1. The van der Waals surface area contributed by atoms with Crippen molar-refractivity contribution in [3.05, 3.63) is 22.7 Å². The van der Waals surface area contributed by atoms with E-state index in [2.05, 4.69) is 0 Å². The molecule has 1 aromatic rings. The van der Waals surface area contributed by atoms with Crippen molar-refractivity contribution >= 4 is 75.6 Å². The first-order valence-electron chi connectivity index (χ1n) is 6.23. The molecular formula is C13H10Cl5NO3. The number of fused-ring (bicyclic) bond motifs is 1. The fourth-order valence-electron chi connectivity index (χ4n) is 2.19. The molecule has 0 saturated carbocycles. The molecule has 22 heavy (non-hydrogen) atoms. The zero-order valence-electron chi connectivity index (χ0n) is 11.0. The maximum Gasteiger partial charge on any atom is 0.344 e. The Hall–Kier alpha value is -0.390. The minimum Gasteiger partial charge on any atom is -0.423 e. The third kappa shape index (κ3) is 3.74. The average Bonchev–Trinajstić information content (AvgIpc) is 2.48. The number of rotatable bonds is 3. The molecule has 0 radical (unpaired) electrons. The molecule has 0 aromatic heterocycles. The van der Waals surface area contributed by atoms with Crippen molar-refractivity contribution in [2.75, 3.05) is 11.4 Å². The van der Waals surface area contributed by atoms with Gasteiger partial charge in [0.25, 0.3) is 5.91 Å². The second kappa shape index (κ2) is 7.45. The van der Waals surface area contributed by atoms with Gasteiger partial charge in [0.05, 0.1) is 5.02 Å². The van der Waals surface area contributed by atoms with E-state index in [9.17, 15) is 9.59 Å². The van der Waals surface area contributed by atoms with Crippen LogP contribution >= 0.6 is 58.0 Å². The maximum absolute atomic E-state index is 12.0. The Morgan fingerprint density at radius 3 is 2.41 bits per heavy atom. The van der Waals surface area contributed by atoms with E-state index in [1.54, 1.807) is 6.07 Å². The quantitative estimate of drug-likeness (QED) is 0.432. The van der Waals surface area contributed by atoms with E-state index in [0.29, 0.717) is 30.6 Å². The predicted octanol–water partition coefficient (Wildman–Crippen LogP) is 4.13. The largest absolute Gasteiger partial charge is 0.423 e. The van der Waals surface area contributed by atoms with Crippen LogP contribution in [0.5, 0.6) is 5.75 Å². The van der Waals surface area contributed by atoms with Gasteiger partial charge >= 0.3 is 5.97 Å². The van der Waals surface area contributed by atoms with Gasteiger partial charge in [-0.25, -0.2) is 4.79 Å². The van der Waals surface area contributed by atoms with Crippen LogP contribution in [0, 0.1) is 0 Å². The summed E-state index contributed by atoms with van der Waals surface area (Å²) in [4.78, 5) is 22.5. The normalized spacial score (nSPS) is 14.2. The number of hydrogen-bond donors (Lipinski definition) is 0. The number of carbonyl (C=O) groups excluding carboxylic acids is 2. The van der Waals surface area contributed by atoms with Crippen molar-refractivity contribution < 1.29 is 14.3 Å². The van der Waals surface area contributed by atoms with Crippen LogP contribution in [0.2, 0.25) is 5.02 Å². The van der Waals surface area contributed by atoms with Crippen LogP contribution in [0.1, 0.15) is 12.0 Å². The average molecular weight is 405 g/mol. The van der Waals surface area contributed by atoms with Crippen molar-refractivity contribution in [1.82, 2.24) is 0 Å². The summed E-state index contributed by atoms with van der Waals surface area (Å²) in [6.45, 7) is 0.489. The van der Waals surface area contributed by atoms with Gasteiger partial charge in [-0.2, -0.15) is 0 Å². The summed E-state index contributed by atoms with van der Waals surface area (Å²) in [5, 5.41) is 0.234. The van der Waals surface area contributed by atoms with Crippen LogP contribution in [0.15, 0.2) is 12.1 Å². The Bertz CT molecular complexity index is 606. The van der Waals surface area contributed by atoms with E-state index >= 15 is 0 Å². The van der Waals surface area contributed by atoms with E-state index in [4.69, 9.17) is 62.7 Å². The zero-order chi connectivity index (χ0) is 16.4. The van der Waals surface area contributed by atoms with Crippen molar-refractivity contribution in [3.63, 3.8) is 0 Å². The second-order valence-corrected chi connectivity index (χ2v) is 7.06. The van der Waals surface area contributed by atoms with Gasteiger partial charge in [-0.15, -0.1) is 0 Å². The smallest absolute Gasteiger partial charge is 0.344 e. The molecule has 1 amide bonds. The lowest BCUT2D eigenvalue weighted by Gasteiger charge is -2.30. The molecule has 0 aliphatic carbocycles. The number of nitrogens with zero attached hydrogens (tertiary/aromatic N) is 1. The van der Waals surface area contributed by atoms with Crippen LogP contribution < -0.4 is 9.64 Å². The molecule has 0 N–H and O–H groups in total. The van der Waals surface area contributed by atoms with Crippen molar-refractivity contribution in [2.45, 2.75) is 22.5 Å². The molecule has 0 atom stereocenters. The number of halogens is 5. The fraction of sp³-hybridized carbons (Fsp3) is 0.385. The molecule has 1 heterocycles. The lowest BCUT2D eigenvalue weighted by Crippen LogP contribution is -2.38. The predicted molar refractivity (Wildman–Crippen MR) is 88.7 cm³/mol. The van der Waals surface area contributed by atoms with E-state index < -0.39 is 21.5 Å². The molecule has 1 aromatic carbocycles. The maximum atomic E-state index is 12.0. The summed E-state index contributed by atoms with van der Waals surface area (Å²) in [5.74, 6) is -1.11. The molecule has 120 valence electrons. The highest BCUT2D eigenvalue weighted by Gasteiger charge is 2.29. The van der Waals surface area contributed by atoms with Crippen LogP contribution in [0.3, 0.4) is 0 Å². The molecule has 0 unspecified atom stereocenters. The Morgan fingerprint density at radius 2 is 1.82 bits per heavy atom. The van der Waals surface area contributed by atoms with Gasteiger partial charge in [-0.05, 0) is 30.5 Å². The SMILES string of the molecule is O=C(Oc1ccc2c(c1Cl)CCCN2C(=O)C(Cl)Cl)C(Cl)Cl. The Morgan fingerprint density at radius 1 is 1.14 bits per heavy atom. The third-order valence-electron chi connectivity index (χ3n) is 3.12. The first-order valence-corrected chi connectivity index (χ1v) is 8.36. The van der Waals surface area contributed by atoms with Gasteiger partial charge in [0, 0.05) is 12.2 Å². The van der Waals surface area contributed by atoms with Gasteiger partial charge in [-0.3, -0.25) is 4.79 Å². The number of hydrogen-bond acceptors (Lipinski definition) is 3. The highest BCUT2D eigenvalue weighted by Crippen LogP contribution is 2.39. The molecule has 0 spiro atoms. The van der Waals surface area contributed by atoms with Crippen molar-refractivity contribution in [1.29, 1.82) is 0 Å². The van der Waals surface area contributed by atoms with Crippen LogP contribution in [0.25, 0.3) is 0 Å². The summed E-state index contributed by atoms with van der Waals surface area (Å²) < 4.78 is 5.03. The summed E-state index contributed by atoms with van der Waals surface area (Å²) >= 11 is 28.4. The number of ether oxygens (including phenoxy) is 1. The van der Waals surface area contributed by atoms with E-state index in [0.717, 1.165) is 0 Å². The van der Waals surface area contributed by atoms with Crippen LogP contribution in [-0.4, -0.2) is 28.1 Å². The summed E-state index contributed by atoms with van der Waals surface area (Å²) in [5.41, 5.74) is 1.28. The standard InChI is InChI=1S/C13H10Cl5NO3/c14-9-6-2-1-5-19(12(20)10(15)16)7(6)3-4-8(9)22-13(21)11(17)18/h3-4,10-11H,1-2,5H2. The number of carbonyl (C=O) groups is 2. The number of benzene rings is 1. The molecular weight excluding hydrogens is 395 g/mol. The van der Waals surface area contributed by atoms with Crippen LogP contribution in [-0.2, 0) is 16.0 Å². The monoisotopic (exact) mass is 403 g/mol. The Kier molecular flexibility index (Phi) is 6.08. The molecule has 0 saturated heterocycles. The molecule has 0 bridgehead atoms. The Labute approximate surface area is 152 Å². The van der Waals surface area contributed by atoms with E-state index in [-0.39, 0.29) is 10.8 Å². The highest BCUT2D eigenvalue weighted by molar-refractivity contribution is 6.54.